The highest BCUT2D eigenvalue weighted by atomic mass is 35.5. The van der Waals surface area contributed by atoms with Crippen molar-refractivity contribution < 1.29 is 23.8 Å². The average Bonchev–Trinajstić information content (AvgIpc) is 3.08. The molecule has 4 aromatic rings. The zero-order valence-corrected chi connectivity index (χ0v) is 26.9. The van der Waals surface area contributed by atoms with Crippen LogP contribution < -0.4 is 0 Å². The van der Waals surface area contributed by atoms with Gasteiger partial charge in [-0.15, -0.1) is 0 Å². The van der Waals surface area contributed by atoms with E-state index in [1.165, 1.54) is 25.3 Å². The van der Waals surface area contributed by atoms with Crippen molar-refractivity contribution in [2.45, 2.75) is 51.4 Å². The van der Waals surface area contributed by atoms with Gasteiger partial charge in [0, 0.05) is 24.5 Å². The average molecular weight is 628 g/mol. The highest BCUT2D eigenvalue weighted by Crippen LogP contribution is 2.23. The van der Waals surface area contributed by atoms with Crippen LogP contribution in [0.3, 0.4) is 0 Å². The first-order chi connectivity index (χ1) is 21.9. The van der Waals surface area contributed by atoms with Crippen molar-refractivity contribution in [3.05, 3.63) is 142 Å². The van der Waals surface area contributed by atoms with Crippen LogP contribution in [-0.4, -0.2) is 44.1 Å². The predicted molar refractivity (Wildman–Crippen MR) is 178 cm³/mol. The minimum atomic E-state index is -0.353. The Morgan fingerprint density at radius 3 is 1.93 bits per heavy atom. The van der Waals surface area contributed by atoms with Gasteiger partial charge in [0.15, 0.2) is 0 Å². The van der Waals surface area contributed by atoms with E-state index < -0.39 is 0 Å². The molecule has 4 rings (SSSR count). The molecule has 0 aliphatic carbocycles. The summed E-state index contributed by atoms with van der Waals surface area (Å²) in [5.74, 6) is -0.546. The van der Waals surface area contributed by atoms with Crippen LogP contribution in [0.2, 0.25) is 5.02 Å². The lowest BCUT2D eigenvalue weighted by molar-refractivity contribution is -0.140. The molecule has 0 amide bonds. The van der Waals surface area contributed by atoms with Crippen molar-refractivity contribution in [3.8, 4) is 0 Å². The summed E-state index contributed by atoms with van der Waals surface area (Å²) < 4.78 is 16.3. The Hall–Kier alpha value is -3.97. The number of unbranched alkanes of at least 4 members (excludes halogenated alkanes) is 1. The minimum absolute atomic E-state index is 0.161. The summed E-state index contributed by atoms with van der Waals surface area (Å²) in [6.45, 7) is 2.61. The molecule has 0 aromatic heterocycles. The lowest BCUT2D eigenvalue weighted by atomic mass is 10.0. The van der Waals surface area contributed by atoms with Crippen LogP contribution in [-0.2, 0) is 45.0 Å². The number of esters is 2. The van der Waals surface area contributed by atoms with Gasteiger partial charge in [-0.2, -0.15) is 0 Å². The monoisotopic (exact) mass is 627 g/mol. The Morgan fingerprint density at radius 1 is 0.711 bits per heavy atom. The van der Waals surface area contributed by atoms with Gasteiger partial charge >= 0.3 is 11.9 Å². The lowest BCUT2D eigenvalue weighted by Crippen LogP contribution is -2.30. The fraction of sp³-hybridized carbons (Fsp3) is 0.316. The van der Waals surface area contributed by atoms with E-state index in [-0.39, 0.29) is 18.0 Å². The maximum atomic E-state index is 11.9. The quantitative estimate of drug-likeness (QED) is 0.0873. The van der Waals surface area contributed by atoms with E-state index in [2.05, 4.69) is 53.4 Å². The first-order valence-corrected chi connectivity index (χ1v) is 15.8. The first-order valence-electron chi connectivity index (χ1n) is 15.4. The maximum Gasteiger partial charge on any atom is 0.337 e. The summed E-state index contributed by atoms with van der Waals surface area (Å²) >= 11 is 6.02. The molecule has 0 aliphatic rings. The summed E-state index contributed by atoms with van der Waals surface area (Å²) in [6, 6.07) is 34.5. The molecule has 4 aromatic carbocycles. The van der Waals surface area contributed by atoms with E-state index in [1.54, 1.807) is 12.1 Å². The van der Waals surface area contributed by atoms with Crippen LogP contribution in [0, 0.1) is 0 Å². The third-order valence-electron chi connectivity index (χ3n) is 7.80. The summed E-state index contributed by atoms with van der Waals surface area (Å²) in [5, 5.41) is 0.757. The van der Waals surface area contributed by atoms with Gasteiger partial charge in [-0.25, -0.2) is 4.79 Å². The molecule has 6 nitrogen and oxygen atoms in total. The molecule has 236 valence electrons. The van der Waals surface area contributed by atoms with Crippen LogP contribution in [0.5, 0.6) is 0 Å². The minimum Gasteiger partial charge on any atom is -0.469 e. The van der Waals surface area contributed by atoms with Crippen molar-refractivity contribution in [3.63, 3.8) is 0 Å². The molecule has 0 fully saturated rings. The molecule has 0 aliphatic heterocycles. The van der Waals surface area contributed by atoms with Gasteiger partial charge < -0.3 is 14.2 Å². The number of ether oxygens (including phenoxy) is 3. The smallest absolute Gasteiger partial charge is 0.337 e. The van der Waals surface area contributed by atoms with Gasteiger partial charge in [0.2, 0.25) is 0 Å². The topological polar surface area (TPSA) is 65.1 Å². The number of nitrogens with zero attached hydrogens (tertiary/aromatic N) is 1. The standard InChI is InChI=1S/C38H42ClNO5/c1-43-37(41)10-6-7-25-40(26-31-17-21-34(22-18-31)38(42)44-2)27-36(33-8-4-3-5-9-33)45-28-32-15-13-29(14-16-32)11-12-30-19-23-35(39)24-20-30/h3-5,8-9,13-24,36H,6-7,10-12,25-28H2,1-2H3/t36-/m0/s1. The molecule has 0 spiro atoms. The van der Waals surface area contributed by atoms with Crippen LogP contribution in [0.15, 0.2) is 103 Å². The maximum absolute atomic E-state index is 11.9. The van der Waals surface area contributed by atoms with E-state index in [0.717, 1.165) is 53.9 Å². The molecule has 1 atom stereocenters. The number of rotatable bonds is 17. The van der Waals surface area contributed by atoms with Crippen molar-refractivity contribution in [2.24, 2.45) is 0 Å². The molecule has 0 unspecified atom stereocenters. The summed E-state index contributed by atoms with van der Waals surface area (Å²) in [6.07, 6.45) is 3.74. The van der Waals surface area contributed by atoms with Crippen LogP contribution in [0.25, 0.3) is 0 Å². The molecule has 45 heavy (non-hydrogen) atoms. The Morgan fingerprint density at radius 2 is 1.31 bits per heavy atom. The van der Waals surface area contributed by atoms with E-state index >= 15 is 0 Å². The normalized spacial score (nSPS) is 11.7. The second kappa shape index (κ2) is 18.1. The number of carbonyl (C=O) groups is 2. The second-order valence-corrected chi connectivity index (χ2v) is 11.5. The predicted octanol–water partition coefficient (Wildman–Crippen LogP) is 8.02. The molecule has 0 radical (unpaired) electrons. The van der Waals surface area contributed by atoms with Crippen LogP contribution in [0.1, 0.15) is 63.5 Å². The molecule has 0 saturated carbocycles. The molecule has 0 saturated heterocycles. The van der Waals surface area contributed by atoms with Crippen LogP contribution >= 0.6 is 11.6 Å². The van der Waals surface area contributed by atoms with Crippen LogP contribution in [0.4, 0.5) is 0 Å². The van der Waals surface area contributed by atoms with Gasteiger partial charge in [0.1, 0.15) is 0 Å². The zero-order valence-electron chi connectivity index (χ0n) is 26.1. The van der Waals surface area contributed by atoms with Crippen molar-refractivity contribution in [1.29, 1.82) is 0 Å². The summed E-state index contributed by atoms with van der Waals surface area (Å²) in [4.78, 5) is 25.9. The SMILES string of the molecule is COC(=O)CCCCN(Cc1ccc(C(=O)OC)cc1)C[C@H](OCc1ccc(CCc2ccc(Cl)cc2)cc1)c1ccccc1. The van der Waals surface area contributed by atoms with Gasteiger partial charge in [-0.05, 0) is 84.3 Å². The Bertz CT molecular complexity index is 1460. The molecule has 0 heterocycles. The fourth-order valence-electron chi connectivity index (χ4n) is 5.16. The Labute approximate surface area is 271 Å². The fourth-order valence-corrected chi connectivity index (χ4v) is 5.29. The number of carbonyl (C=O) groups excluding carboxylic acids is 2. The second-order valence-electron chi connectivity index (χ2n) is 11.1. The van der Waals surface area contributed by atoms with E-state index in [0.29, 0.717) is 31.7 Å². The molecule has 0 bridgehead atoms. The summed E-state index contributed by atoms with van der Waals surface area (Å²) in [5.41, 5.74) is 6.38. The van der Waals surface area contributed by atoms with Crippen molar-refractivity contribution >= 4 is 23.5 Å². The van der Waals surface area contributed by atoms with E-state index in [9.17, 15) is 9.59 Å². The molecule has 0 N–H and O–H groups in total. The van der Waals surface area contributed by atoms with Gasteiger partial charge in [-0.3, -0.25) is 9.69 Å². The third kappa shape index (κ3) is 11.5. The number of hydrogen-bond donors (Lipinski definition) is 0. The van der Waals surface area contributed by atoms with E-state index in [1.807, 2.05) is 42.5 Å². The van der Waals surface area contributed by atoms with Crippen molar-refractivity contribution in [2.75, 3.05) is 27.3 Å². The number of aryl methyl sites for hydroxylation is 2. The highest BCUT2D eigenvalue weighted by molar-refractivity contribution is 6.30. The summed E-state index contributed by atoms with van der Waals surface area (Å²) in [7, 11) is 2.80. The number of methoxy groups -OCH3 is 2. The zero-order chi connectivity index (χ0) is 31.9. The number of benzene rings is 4. The lowest BCUT2D eigenvalue weighted by Gasteiger charge is -2.28. The molecule has 7 heteroatoms. The van der Waals surface area contributed by atoms with Crippen molar-refractivity contribution in [1.82, 2.24) is 4.90 Å². The first kappa shape index (κ1) is 33.9. The van der Waals surface area contributed by atoms with Gasteiger partial charge in [-0.1, -0.05) is 90.5 Å². The Kier molecular flexibility index (Phi) is 13.6. The third-order valence-corrected chi connectivity index (χ3v) is 8.05. The number of halogens is 1. The van der Waals surface area contributed by atoms with Gasteiger partial charge in [0.05, 0.1) is 32.5 Å². The van der Waals surface area contributed by atoms with E-state index in [4.69, 9.17) is 25.8 Å². The Balaban J connectivity index is 1.42. The molecular formula is C38H42ClNO5. The highest BCUT2D eigenvalue weighted by Gasteiger charge is 2.18. The van der Waals surface area contributed by atoms with Gasteiger partial charge in [0.25, 0.3) is 0 Å². The largest absolute Gasteiger partial charge is 0.469 e. The molecular weight excluding hydrogens is 586 g/mol. The number of hydrogen-bond acceptors (Lipinski definition) is 6.